The molecule has 268 valence electrons. The number of aliphatic hydroxyl groups is 1. The topological polar surface area (TPSA) is 114 Å². The highest BCUT2D eigenvalue weighted by atomic mass is 16.5. The van der Waals surface area contributed by atoms with Crippen LogP contribution >= 0.6 is 0 Å². The molecule has 0 unspecified atom stereocenters. The van der Waals surface area contributed by atoms with Gasteiger partial charge >= 0.3 is 5.97 Å². The molecule has 0 radical (unpaired) electrons. The molecule has 2 amide bonds. The van der Waals surface area contributed by atoms with Crippen LogP contribution in [0.25, 0.3) is 0 Å². The maximum Gasteiger partial charge on any atom is 0.309 e. The number of hydrogen-bond donors (Lipinski definition) is 3. The number of esters is 1. The van der Waals surface area contributed by atoms with Crippen LogP contribution in [-0.4, -0.2) is 48.2 Å². The first-order valence-electron chi connectivity index (χ1n) is 17.4. The van der Waals surface area contributed by atoms with Gasteiger partial charge in [-0.2, -0.15) is 0 Å². The number of aliphatic hydroxyl groups excluding tert-OH is 1. The van der Waals surface area contributed by atoms with Crippen molar-refractivity contribution in [2.24, 2.45) is 17.3 Å². The molecule has 0 aliphatic heterocycles. The highest BCUT2D eigenvalue weighted by molar-refractivity contribution is 5.86. The van der Waals surface area contributed by atoms with E-state index in [4.69, 9.17) is 9.47 Å². The van der Waals surface area contributed by atoms with Crippen molar-refractivity contribution >= 4 is 17.8 Å². The normalized spacial score (nSPS) is 13.6. The minimum absolute atomic E-state index is 0.00310. The zero-order valence-electron chi connectivity index (χ0n) is 29.8. The van der Waals surface area contributed by atoms with Crippen molar-refractivity contribution in [1.29, 1.82) is 0 Å². The Morgan fingerprint density at radius 1 is 0.800 bits per heavy atom. The Morgan fingerprint density at radius 2 is 1.42 bits per heavy atom. The van der Waals surface area contributed by atoms with Gasteiger partial charge in [0.2, 0.25) is 11.8 Å². The van der Waals surface area contributed by atoms with E-state index in [0.29, 0.717) is 32.3 Å². The van der Waals surface area contributed by atoms with Crippen LogP contribution in [0.2, 0.25) is 0 Å². The van der Waals surface area contributed by atoms with Crippen molar-refractivity contribution in [2.45, 2.75) is 78.0 Å². The molecule has 0 aliphatic carbocycles. The summed E-state index contributed by atoms with van der Waals surface area (Å²) in [6.07, 6.45) is 5.87. The molecule has 0 spiro atoms. The molecule has 0 bridgehead atoms. The third-order valence-corrected chi connectivity index (χ3v) is 8.62. The molecule has 50 heavy (non-hydrogen) atoms. The first kappa shape index (κ1) is 39.7. The van der Waals surface area contributed by atoms with Crippen LogP contribution in [0.1, 0.15) is 63.1 Å². The number of ether oxygens (including phenoxy) is 2. The molecule has 0 saturated heterocycles. The minimum Gasteiger partial charge on any atom is -0.489 e. The molecule has 3 aromatic rings. The van der Waals surface area contributed by atoms with Gasteiger partial charge in [0, 0.05) is 6.42 Å². The van der Waals surface area contributed by atoms with Gasteiger partial charge in [-0.05, 0) is 66.3 Å². The van der Waals surface area contributed by atoms with Crippen molar-refractivity contribution in [3.8, 4) is 5.75 Å². The summed E-state index contributed by atoms with van der Waals surface area (Å²) >= 11 is 0. The van der Waals surface area contributed by atoms with E-state index in [1.54, 1.807) is 12.2 Å². The fourth-order valence-electron chi connectivity index (χ4n) is 5.51. The number of hydrogen-bond acceptors (Lipinski definition) is 6. The predicted molar refractivity (Wildman–Crippen MR) is 198 cm³/mol. The quantitative estimate of drug-likeness (QED) is 0.0845. The van der Waals surface area contributed by atoms with E-state index in [9.17, 15) is 19.5 Å². The Bertz CT molecular complexity index is 1480. The molecule has 4 atom stereocenters. The summed E-state index contributed by atoms with van der Waals surface area (Å²) in [7, 11) is 0. The van der Waals surface area contributed by atoms with Gasteiger partial charge in [-0.1, -0.05) is 106 Å². The Labute approximate surface area is 298 Å². The highest BCUT2D eigenvalue weighted by Crippen LogP contribution is 2.23. The SMILES string of the molecule is C=CCC[C@H](Cc1ccccc1)C(=O)OC[C@@H](NC(=O)[C@@H](CC=C)CC(=O)N[C@H](CO)Cc1ccc(OCc2ccccc2)cc1)C(C)(C)C. The summed E-state index contributed by atoms with van der Waals surface area (Å²) in [5.41, 5.74) is 2.62. The fourth-order valence-corrected chi connectivity index (χ4v) is 5.51. The Hall–Kier alpha value is -4.69. The molecule has 0 heterocycles. The van der Waals surface area contributed by atoms with E-state index in [0.717, 1.165) is 22.4 Å². The molecule has 3 N–H and O–H groups in total. The molecule has 3 aromatic carbocycles. The zero-order chi connectivity index (χ0) is 36.4. The maximum absolute atomic E-state index is 13.6. The van der Waals surface area contributed by atoms with Crippen molar-refractivity contribution in [2.75, 3.05) is 13.2 Å². The summed E-state index contributed by atoms with van der Waals surface area (Å²) in [6, 6.07) is 26.2. The van der Waals surface area contributed by atoms with Crippen molar-refractivity contribution in [1.82, 2.24) is 10.6 Å². The van der Waals surface area contributed by atoms with Gasteiger partial charge in [-0.25, -0.2) is 0 Å². The van der Waals surface area contributed by atoms with E-state index >= 15 is 0 Å². The van der Waals surface area contributed by atoms with Gasteiger partial charge in [-0.15, -0.1) is 13.2 Å². The van der Waals surface area contributed by atoms with Crippen molar-refractivity contribution < 1.29 is 29.0 Å². The molecule has 8 nitrogen and oxygen atoms in total. The van der Waals surface area contributed by atoms with Gasteiger partial charge < -0.3 is 25.2 Å². The first-order valence-corrected chi connectivity index (χ1v) is 17.4. The van der Waals surface area contributed by atoms with Crippen LogP contribution in [0.3, 0.4) is 0 Å². The molecule has 0 fully saturated rings. The second-order valence-electron chi connectivity index (χ2n) is 13.8. The van der Waals surface area contributed by atoms with Gasteiger partial charge in [-0.3, -0.25) is 14.4 Å². The van der Waals surface area contributed by atoms with Crippen LogP contribution in [0, 0.1) is 17.3 Å². The van der Waals surface area contributed by atoms with Crippen LogP contribution in [0.5, 0.6) is 5.75 Å². The second-order valence-corrected chi connectivity index (χ2v) is 13.8. The van der Waals surface area contributed by atoms with Crippen LogP contribution in [0.4, 0.5) is 0 Å². The van der Waals surface area contributed by atoms with Crippen LogP contribution in [0.15, 0.2) is 110 Å². The number of benzene rings is 3. The zero-order valence-corrected chi connectivity index (χ0v) is 29.8. The van der Waals surface area contributed by atoms with Crippen LogP contribution < -0.4 is 15.4 Å². The number of allylic oxidation sites excluding steroid dienone is 2. The lowest BCUT2D eigenvalue weighted by Gasteiger charge is -2.32. The Morgan fingerprint density at radius 3 is 2.00 bits per heavy atom. The second kappa shape index (κ2) is 20.7. The van der Waals surface area contributed by atoms with E-state index in [2.05, 4.69) is 23.8 Å². The molecule has 0 saturated carbocycles. The third kappa shape index (κ3) is 14.0. The third-order valence-electron chi connectivity index (χ3n) is 8.62. The van der Waals surface area contributed by atoms with Crippen molar-refractivity contribution in [3.05, 3.63) is 127 Å². The molecular weight excluding hydrogens is 628 g/mol. The smallest absolute Gasteiger partial charge is 0.309 e. The number of carbonyl (C=O) groups excluding carboxylic acids is 3. The number of carbonyl (C=O) groups is 3. The van der Waals surface area contributed by atoms with E-state index < -0.39 is 23.4 Å². The van der Waals surface area contributed by atoms with E-state index in [1.807, 2.05) is 106 Å². The lowest BCUT2D eigenvalue weighted by molar-refractivity contribution is -0.151. The minimum atomic E-state index is -0.688. The van der Waals surface area contributed by atoms with Gasteiger partial charge in [0.05, 0.1) is 30.5 Å². The molecule has 0 aliphatic rings. The first-order chi connectivity index (χ1) is 24.0. The molecule has 8 heteroatoms. The van der Waals surface area contributed by atoms with Crippen molar-refractivity contribution in [3.63, 3.8) is 0 Å². The molecule has 0 aromatic heterocycles. The van der Waals surface area contributed by atoms with Crippen LogP contribution in [-0.2, 0) is 38.6 Å². The summed E-state index contributed by atoms with van der Waals surface area (Å²) in [6.45, 7) is 13.7. The Kier molecular flexibility index (Phi) is 16.5. The number of amides is 2. The van der Waals surface area contributed by atoms with E-state index in [-0.39, 0.29) is 49.8 Å². The summed E-state index contributed by atoms with van der Waals surface area (Å²) in [5.74, 6) is -1.29. The fraction of sp³-hybridized carbons (Fsp3) is 0.405. The monoisotopic (exact) mass is 682 g/mol. The maximum atomic E-state index is 13.6. The molecule has 3 rings (SSSR count). The summed E-state index contributed by atoms with van der Waals surface area (Å²) < 4.78 is 11.7. The summed E-state index contributed by atoms with van der Waals surface area (Å²) in [5, 5.41) is 16.0. The molecular formula is C42H54N2O6. The van der Waals surface area contributed by atoms with Gasteiger partial charge in [0.1, 0.15) is 19.0 Å². The standard InChI is InChI=1S/C42H54N2O6/c1-6-8-20-35(25-31-16-11-9-12-17-31)41(48)50-30-38(42(3,4)5)44-40(47)34(15-7-2)27-39(46)43-36(28-45)26-32-21-23-37(24-22-32)49-29-33-18-13-10-14-19-33/h6-7,9-14,16-19,21-24,34-36,38,45H,1-2,8,15,20,25-30H2,3-5H3,(H,43,46)(H,44,47)/t34-,35+,36-,38+/m0/s1. The Balaban J connectivity index is 1.55. The van der Waals surface area contributed by atoms with Gasteiger partial charge in [0.25, 0.3) is 0 Å². The lowest BCUT2D eigenvalue weighted by atomic mass is 9.86. The van der Waals surface area contributed by atoms with Gasteiger partial charge in [0.15, 0.2) is 0 Å². The predicted octanol–water partition coefficient (Wildman–Crippen LogP) is 6.77. The van der Waals surface area contributed by atoms with E-state index in [1.165, 1.54) is 0 Å². The average molecular weight is 683 g/mol. The largest absolute Gasteiger partial charge is 0.489 e. The highest BCUT2D eigenvalue weighted by Gasteiger charge is 2.32. The summed E-state index contributed by atoms with van der Waals surface area (Å²) in [4.78, 5) is 40.0. The number of nitrogens with one attached hydrogen (secondary N) is 2. The average Bonchev–Trinajstić information content (AvgIpc) is 3.11. The lowest BCUT2D eigenvalue weighted by Crippen LogP contribution is -2.50. The number of rotatable bonds is 21.